The number of carbonyl (C=O) groups is 2. The number of aliphatic carboxylic acids is 1. The summed E-state index contributed by atoms with van der Waals surface area (Å²) in [6.07, 6.45) is 1.35. The Morgan fingerprint density at radius 1 is 1.32 bits per heavy atom. The number of thioether (sulfide) groups is 1. The lowest BCUT2D eigenvalue weighted by atomic mass is 10.2. The van der Waals surface area contributed by atoms with E-state index in [1.54, 1.807) is 24.3 Å². The third-order valence-corrected chi connectivity index (χ3v) is 3.78. The summed E-state index contributed by atoms with van der Waals surface area (Å²) in [4.78, 5) is 38.4. The molecule has 0 aliphatic carbocycles. The van der Waals surface area contributed by atoms with Crippen LogP contribution in [-0.2, 0) is 16.1 Å². The molecule has 2 aromatic rings. The number of aromatic nitrogens is 2. The molecule has 1 aromatic carbocycles. The third kappa shape index (κ3) is 4.32. The highest BCUT2D eigenvalue weighted by Crippen LogP contribution is 2.04. The third-order valence-electron chi connectivity index (χ3n) is 2.84. The normalized spacial score (nSPS) is 10.5. The fourth-order valence-corrected chi connectivity index (χ4v) is 2.42. The molecule has 8 heteroatoms. The Morgan fingerprint density at radius 3 is 2.86 bits per heavy atom. The van der Waals surface area contributed by atoms with Crippen LogP contribution in [0, 0.1) is 0 Å². The predicted octanol–water partition coefficient (Wildman–Crippen LogP) is 0.330. The van der Waals surface area contributed by atoms with Gasteiger partial charge in [-0.05, 0) is 12.1 Å². The minimum atomic E-state index is -0.884. The van der Waals surface area contributed by atoms with Crippen molar-refractivity contribution >= 4 is 34.5 Å². The molecule has 1 aromatic heterocycles. The van der Waals surface area contributed by atoms with Crippen LogP contribution < -0.4 is 10.9 Å². The van der Waals surface area contributed by atoms with Gasteiger partial charge >= 0.3 is 5.97 Å². The number of rotatable bonds is 7. The van der Waals surface area contributed by atoms with Gasteiger partial charge in [0.1, 0.15) is 6.54 Å². The number of benzene rings is 1. The van der Waals surface area contributed by atoms with E-state index in [-0.39, 0.29) is 23.8 Å². The van der Waals surface area contributed by atoms with Gasteiger partial charge in [0, 0.05) is 12.3 Å². The van der Waals surface area contributed by atoms with Crippen LogP contribution in [0.2, 0.25) is 0 Å². The molecular weight excluding hydrogens is 306 g/mol. The van der Waals surface area contributed by atoms with Crippen molar-refractivity contribution in [3.05, 3.63) is 40.9 Å². The van der Waals surface area contributed by atoms with Crippen molar-refractivity contribution in [3.63, 3.8) is 0 Å². The van der Waals surface area contributed by atoms with E-state index in [0.29, 0.717) is 23.2 Å². The van der Waals surface area contributed by atoms with Crippen LogP contribution in [0.5, 0.6) is 0 Å². The van der Waals surface area contributed by atoms with Crippen LogP contribution in [0.3, 0.4) is 0 Å². The lowest BCUT2D eigenvalue weighted by molar-refractivity contribution is -0.133. The standard InChI is InChI=1S/C14H15N3O4S/c18-12(15-5-6-22-8-13(19)20)7-17-9-16-11-4-2-1-3-10(11)14(17)21/h1-4,9H,5-8H2,(H,15,18)(H,19,20). The monoisotopic (exact) mass is 321 g/mol. The summed E-state index contributed by atoms with van der Waals surface area (Å²) in [7, 11) is 0. The average Bonchev–Trinajstić information content (AvgIpc) is 2.50. The Bertz CT molecular complexity index is 744. The maximum Gasteiger partial charge on any atom is 0.313 e. The summed E-state index contributed by atoms with van der Waals surface area (Å²) in [5.41, 5.74) is 0.329. The quantitative estimate of drug-likeness (QED) is 0.713. The molecule has 0 spiro atoms. The van der Waals surface area contributed by atoms with Crippen molar-refractivity contribution in [1.29, 1.82) is 0 Å². The molecule has 0 unspecified atom stereocenters. The maximum absolute atomic E-state index is 12.2. The Morgan fingerprint density at radius 2 is 2.09 bits per heavy atom. The number of hydrogen-bond acceptors (Lipinski definition) is 5. The van der Waals surface area contributed by atoms with E-state index >= 15 is 0 Å². The number of hydrogen-bond donors (Lipinski definition) is 2. The highest BCUT2D eigenvalue weighted by Gasteiger charge is 2.07. The summed E-state index contributed by atoms with van der Waals surface area (Å²) >= 11 is 1.22. The largest absolute Gasteiger partial charge is 0.481 e. The van der Waals surface area contributed by atoms with Gasteiger partial charge in [0.05, 0.1) is 23.0 Å². The van der Waals surface area contributed by atoms with Crippen molar-refractivity contribution in [2.45, 2.75) is 6.54 Å². The molecule has 1 amide bonds. The zero-order valence-corrected chi connectivity index (χ0v) is 12.5. The topological polar surface area (TPSA) is 101 Å². The summed E-state index contributed by atoms with van der Waals surface area (Å²) in [5.74, 6) is -0.687. The highest BCUT2D eigenvalue weighted by atomic mass is 32.2. The van der Waals surface area contributed by atoms with Crippen molar-refractivity contribution in [2.24, 2.45) is 0 Å². The molecule has 1 heterocycles. The van der Waals surface area contributed by atoms with Crippen molar-refractivity contribution in [3.8, 4) is 0 Å². The van der Waals surface area contributed by atoms with E-state index in [0.717, 1.165) is 0 Å². The van der Waals surface area contributed by atoms with Gasteiger partial charge in [-0.3, -0.25) is 19.0 Å². The molecule has 0 atom stereocenters. The van der Waals surface area contributed by atoms with Crippen LogP contribution in [0.25, 0.3) is 10.9 Å². The van der Waals surface area contributed by atoms with Gasteiger partial charge in [-0.2, -0.15) is 0 Å². The summed E-state index contributed by atoms with van der Waals surface area (Å²) in [6.45, 7) is 0.243. The number of fused-ring (bicyclic) bond motifs is 1. The first-order chi connectivity index (χ1) is 10.6. The molecule has 0 aliphatic heterocycles. The Kier molecular flexibility index (Phi) is 5.54. The van der Waals surface area contributed by atoms with Crippen LogP contribution in [0.4, 0.5) is 0 Å². The number of amides is 1. The summed E-state index contributed by atoms with van der Waals surface area (Å²) in [5, 5.41) is 11.6. The highest BCUT2D eigenvalue weighted by molar-refractivity contribution is 7.99. The maximum atomic E-state index is 12.2. The van der Waals surface area contributed by atoms with Crippen molar-refractivity contribution in [1.82, 2.24) is 14.9 Å². The van der Waals surface area contributed by atoms with E-state index in [1.165, 1.54) is 22.7 Å². The van der Waals surface area contributed by atoms with Gasteiger partial charge in [0.25, 0.3) is 5.56 Å². The van der Waals surface area contributed by atoms with E-state index in [4.69, 9.17) is 5.11 Å². The zero-order chi connectivity index (χ0) is 15.9. The molecular formula is C14H15N3O4S. The predicted molar refractivity (Wildman–Crippen MR) is 84.0 cm³/mol. The first kappa shape index (κ1) is 16.0. The van der Waals surface area contributed by atoms with Crippen LogP contribution in [-0.4, -0.2) is 44.6 Å². The number of carbonyl (C=O) groups excluding carboxylic acids is 1. The minimum absolute atomic E-state index is 0.00389. The number of nitrogens with one attached hydrogen (secondary N) is 1. The van der Waals surface area contributed by atoms with Gasteiger partial charge in [0.2, 0.25) is 5.91 Å². The lowest BCUT2D eigenvalue weighted by Crippen LogP contribution is -2.33. The molecule has 0 aliphatic rings. The summed E-state index contributed by atoms with van der Waals surface area (Å²) < 4.78 is 1.25. The lowest BCUT2D eigenvalue weighted by Gasteiger charge is -2.07. The second-order valence-electron chi connectivity index (χ2n) is 4.49. The number of nitrogens with zero attached hydrogens (tertiary/aromatic N) is 2. The minimum Gasteiger partial charge on any atom is -0.481 e. The van der Waals surface area contributed by atoms with E-state index in [2.05, 4.69) is 10.3 Å². The van der Waals surface area contributed by atoms with Gasteiger partial charge < -0.3 is 10.4 Å². The second-order valence-corrected chi connectivity index (χ2v) is 5.60. The van der Waals surface area contributed by atoms with Crippen molar-refractivity contribution < 1.29 is 14.7 Å². The molecule has 2 rings (SSSR count). The van der Waals surface area contributed by atoms with Crippen LogP contribution in [0.1, 0.15) is 0 Å². The average molecular weight is 321 g/mol. The molecule has 0 bridgehead atoms. The zero-order valence-electron chi connectivity index (χ0n) is 11.7. The first-order valence-electron chi connectivity index (χ1n) is 6.58. The number of carboxylic acid groups (broad SMARTS) is 1. The molecule has 0 saturated heterocycles. The van der Waals surface area contributed by atoms with Gasteiger partial charge in [0.15, 0.2) is 0 Å². The summed E-state index contributed by atoms with van der Waals surface area (Å²) in [6, 6.07) is 6.94. The number of para-hydroxylation sites is 1. The SMILES string of the molecule is O=C(O)CSCCNC(=O)Cn1cnc2ccccc2c1=O. The van der Waals surface area contributed by atoms with Gasteiger partial charge in [-0.1, -0.05) is 12.1 Å². The van der Waals surface area contributed by atoms with Gasteiger partial charge in [-0.15, -0.1) is 11.8 Å². The molecule has 7 nitrogen and oxygen atoms in total. The molecule has 116 valence electrons. The second kappa shape index (κ2) is 7.60. The molecule has 2 N–H and O–H groups in total. The first-order valence-corrected chi connectivity index (χ1v) is 7.74. The fourth-order valence-electron chi connectivity index (χ4n) is 1.85. The van der Waals surface area contributed by atoms with E-state index in [1.807, 2.05) is 0 Å². The molecule has 0 saturated carbocycles. The van der Waals surface area contributed by atoms with Crippen LogP contribution in [0.15, 0.2) is 35.4 Å². The van der Waals surface area contributed by atoms with Crippen molar-refractivity contribution in [2.75, 3.05) is 18.1 Å². The van der Waals surface area contributed by atoms with E-state index in [9.17, 15) is 14.4 Å². The number of carboxylic acids is 1. The molecule has 0 fully saturated rings. The van der Waals surface area contributed by atoms with E-state index < -0.39 is 5.97 Å². The Labute approximate surface area is 130 Å². The fraction of sp³-hybridized carbons (Fsp3) is 0.286. The Hall–Kier alpha value is -2.35. The smallest absolute Gasteiger partial charge is 0.313 e. The molecule has 22 heavy (non-hydrogen) atoms. The van der Waals surface area contributed by atoms with Gasteiger partial charge in [-0.25, -0.2) is 4.98 Å². The molecule has 0 radical (unpaired) electrons. The van der Waals surface area contributed by atoms with Crippen LogP contribution >= 0.6 is 11.8 Å². The Balaban J connectivity index is 1.91.